The molecule has 1 N–H and O–H groups in total. The molecule has 4 rings (SSSR count). The third kappa shape index (κ3) is 2.91. The summed E-state index contributed by atoms with van der Waals surface area (Å²) in [6.45, 7) is 5.20. The first kappa shape index (κ1) is 17.2. The molecule has 2 aromatic rings. The summed E-state index contributed by atoms with van der Waals surface area (Å²) in [4.78, 5) is 14.7. The Labute approximate surface area is 158 Å². The summed E-state index contributed by atoms with van der Waals surface area (Å²) in [5, 5.41) is 8.31. The zero-order chi connectivity index (χ0) is 18.3. The van der Waals surface area contributed by atoms with Crippen molar-refractivity contribution >= 4 is 23.2 Å². The SMILES string of the molecule is Cc1nn(-c2ccccc2)c(C)c1[C@H]1NC(=S)N(C[C@H]2CCCO2)C1=O. The average Bonchev–Trinajstić information content (AvgIpc) is 3.32. The molecule has 0 bridgehead atoms. The number of thiocarbonyl (C=S) groups is 1. The molecule has 7 heteroatoms. The quantitative estimate of drug-likeness (QED) is 0.838. The number of rotatable bonds is 4. The van der Waals surface area contributed by atoms with Crippen molar-refractivity contribution in [1.82, 2.24) is 20.0 Å². The third-order valence-electron chi connectivity index (χ3n) is 5.07. The fraction of sp³-hybridized carbons (Fsp3) is 0.421. The summed E-state index contributed by atoms with van der Waals surface area (Å²) < 4.78 is 7.54. The predicted molar refractivity (Wildman–Crippen MR) is 102 cm³/mol. The first-order valence-corrected chi connectivity index (χ1v) is 9.32. The van der Waals surface area contributed by atoms with E-state index >= 15 is 0 Å². The van der Waals surface area contributed by atoms with E-state index in [2.05, 4.69) is 10.4 Å². The van der Waals surface area contributed by atoms with Crippen LogP contribution in [0, 0.1) is 13.8 Å². The molecule has 1 aromatic heterocycles. The van der Waals surface area contributed by atoms with Gasteiger partial charge in [-0.05, 0) is 51.0 Å². The van der Waals surface area contributed by atoms with Gasteiger partial charge in [0.25, 0.3) is 5.91 Å². The van der Waals surface area contributed by atoms with Crippen LogP contribution in [-0.2, 0) is 9.53 Å². The summed E-state index contributed by atoms with van der Waals surface area (Å²) in [6, 6.07) is 9.44. The van der Waals surface area contributed by atoms with Gasteiger partial charge in [0.2, 0.25) is 0 Å². The Balaban J connectivity index is 1.63. The molecule has 0 aliphatic carbocycles. The summed E-state index contributed by atoms with van der Waals surface area (Å²) in [6.07, 6.45) is 2.09. The Morgan fingerprint density at radius 2 is 2.08 bits per heavy atom. The highest BCUT2D eigenvalue weighted by Crippen LogP contribution is 2.29. The predicted octanol–water partition coefficient (Wildman–Crippen LogP) is 2.43. The van der Waals surface area contributed by atoms with Crippen LogP contribution in [0.1, 0.15) is 35.8 Å². The van der Waals surface area contributed by atoms with E-state index in [1.165, 1.54) is 0 Å². The van der Waals surface area contributed by atoms with E-state index in [9.17, 15) is 4.79 Å². The van der Waals surface area contributed by atoms with Gasteiger partial charge in [-0.2, -0.15) is 5.10 Å². The number of ether oxygens (including phenoxy) is 1. The van der Waals surface area contributed by atoms with Crippen LogP contribution in [0.3, 0.4) is 0 Å². The molecule has 6 nitrogen and oxygen atoms in total. The van der Waals surface area contributed by atoms with Gasteiger partial charge < -0.3 is 10.1 Å². The molecule has 1 aromatic carbocycles. The van der Waals surface area contributed by atoms with Gasteiger partial charge in [-0.3, -0.25) is 9.69 Å². The molecule has 2 saturated heterocycles. The number of nitrogens with zero attached hydrogens (tertiary/aromatic N) is 3. The third-order valence-corrected chi connectivity index (χ3v) is 5.41. The van der Waals surface area contributed by atoms with Crippen LogP contribution in [0.15, 0.2) is 30.3 Å². The lowest BCUT2D eigenvalue weighted by Crippen LogP contribution is -2.37. The lowest BCUT2D eigenvalue weighted by molar-refractivity contribution is -0.128. The van der Waals surface area contributed by atoms with Crippen LogP contribution in [0.25, 0.3) is 5.69 Å². The normalized spacial score (nSPS) is 22.9. The minimum Gasteiger partial charge on any atom is -0.376 e. The van der Waals surface area contributed by atoms with Crippen molar-refractivity contribution in [2.75, 3.05) is 13.2 Å². The molecule has 2 fully saturated rings. The summed E-state index contributed by atoms with van der Waals surface area (Å²) in [5.74, 6) is -0.0238. The lowest BCUT2D eigenvalue weighted by atomic mass is 10.0. The molecule has 2 atom stereocenters. The van der Waals surface area contributed by atoms with Crippen molar-refractivity contribution in [2.24, 2.45) is 0 Å². The van der Waals surface area contributed by atoms with Crippen molar-refractivity contribution in [2.45, 2.75) is 38.8 Å². The number of para-hydroxylation sites is 1. The fourth-order valence-electron chi connectivity index (χ4n) is 3.77. The topological polar surface area (TPSA) is 59.4 Å². The van der Waals surface area contributed by atoms with Gasteiger partial charge in [-0.25, -0.2) is 4.68 Å². The Kier molecular flexibility index (Phi) is 4.50. The maximum absolute atomic E-state index is 13.0. The van der Waals surface area contributed by atoms with Gasteiger partial charge in [0.15, 0.2) is 5.11 Å². The summed E-state index contributed by atoms with van der Waals surface area (Å²) in [5.41, 5.74) is 3.65. The summed E-state index contributed by atoms with van der Waals surface area (Å²) in [7, 11) is 0. The molecule has 1 amide bonds. The molecule has 26 heavy (non-hydrogen) atoms. The molecule has 2 aliphatic heterocycles. The zero-order valence-corrected chi connectivity index (χ0v) is 15.8. The number of amides is 1. The second-order valence-electron chi connectivity index (χ2n) is 6.80. The Hall–Kier alpha value is -2.25. The highest BCUT2D eigenvalue weighted by atomic mass is 32.1. The van der Waals surface area contributed by atoms with Crippen LogP contribution in [0.4, 0.5) is 0 Å². The maximum Gasteiger partial charge on any atom is 0.256 e. The van der Waals surface area contributed by atoms with E-state index in [1.54, 1.807) is 4.90 Å². The van der Waals surface area contributed by atoms with Gasteiger partial charge in [0.1, 0.15) is 6.04 Å². The van der Waals surface area contributed by atoms with Crippen molar-refractivity contribution < 1.29 is 9.53 Å². The largest absolute Gasteiger partial charge is 0.376 e. The van der Waals surface area contributed by atoms with Crippen LogP contribution < -0.4 is 5.32 Å². The van der Waals surface area contributed by atoms with Gasteiger partial charge in [0, 0.05) is 17.9 Å². The molecule has 136 valence electrons. The van der Waals surface area contributed by atoms with Crippen molar-refractivity contribution in [3.63, 3.8) is 0 Å². The second kappa shape index (κ2) is 6.81. The molecule has 0 radical (unpaired) electrons. The van der Waals surface area contributed by atoms with Crippen LogP contribution in [-0.4, -0.2) is 45.0 Å². The van der Waals surface area contributed by atoms with Crippen LogP contribution >= 0.6 is 12.2 Å². The van der Waals surface area contributed by atoms with Crippen molar-refractivity contribution in [3.8, 4) is 5.69 Å². The van der Waals surface area contributed by atoms with Crippen LogP contribution in [0.2, 0.25) is 0 Å². The highest BCUT2D eigenvalue weighted by Gasteiger charge is 2.40. The van der Waals surface area contributed by atoms with E-state index in [-0.39, 0.29) is 12.0 Å². The van der Waals surface area contributed by atoms with Gasteiger partial charge >= 0.3 is 0 Å². The Bertz CT molecular complexity index is 843. The van der Waals surface area contributed by atoms with Crippen LogP contribution in [0.5, 0.6) is 0 Å². The number of aryl methyl sites for hydroxylation is 1. The fourth-order valence-corrected chi connectivity index (χ4v) is 4.06. The molecular formula is C19H22N4O2S. The highest BCUT2D eigenvalue weighted by molar-refractivity contribution is 7.80. The number of nitrogens with one attached hydrogen (secondary N) is 1. The number of carbonyl (C=O) groups excluding carboxylic acids is 1. The number of hydrogen-bond acceptors (Lipinski definition) is 4. The Morgan fingerprint density at radius 3 is 2.77 bits per heavy atom. The standard InChI is InChI=1S/C19H22N4O2S/c1-12-16(13(2)23(21-12)14-7-4-3-5-8-14)17-18(24)22(19(26)20-17)11-15-9-6-10-25-15/h3-5,7-8,15,17H,6,9-11H2,1-2H3,(H,20,26)/t15-,17-/m1/s1. The van der Waals surface area contributed by atoms with E-state index in [1.807, 2.05) is 48.9 Å². The molecule has 0 unspecified atom stereocenters. The number of benzene rings is 1. The minimum atomic E-state index is -0.485. The van der Waals surface area contributed by atoms with E-state index in [0.29, 0.717) is 11.7 Å². The average molecular weight is 370 g/mol. The van der Waals surface area contributed by atoms with Gasteiger partial charge in [-0.15, -0.1) is 0 Å². The summed E-state index contributed by atoms with van der Waals surface area (Å²) >= 11 is 5.43. The molecule has 3 heterocycles. The van der Waals surface area contributed by atoms with Crippen molar-refractivity contribution in [1.29, 1.82) is 0 Å². The molecule has 2 aliphatic rings. The van der Waals surface area contributed by atoms with Gasteiger partial charge in [0.05, 0.1) is 24.0 Å². The minimum absolute atomic E-state index is 0.0238. The monoisotopic (exact) mass is 370 g/mol. The van der Waals surface area contributed by atoms with E-state index in [0.717, 1.165) is 42.1 Å². The number of aromatic nitrogens is 2. The molecule has 0 spiro atoms. The number of hydrogen-bond donors (Lipinski definition) is 1. The maximum atomic E-state index is 13.0. The van der Waals surface area contributed by atoms with E-state index in [4.69, 9.17) is 17.0 Å². The van der Waals surface area contributed by atoms with Crippen molar-refractivity contribution in [3.05, 3.63) is 47.3 Å². The first-order valence-electron chi connectivity index (χ1n) is 8.91. The van der Waals surface area contributed by atoms with Gasteiger partial charge in [-0.1, -0.05) is 18.2 Å². The van der Waals surface area contributed by atoms with E-state index < -0.39 is 6.04 Å². The second-order valence-corrected chi connectivity index (χ2v) is 7.18. The number of carbonyl (C=O) groups is 1. The lowest BCUT2D eigenvalue weighted by Gasteiger charge is -2.19. The smallest absolute Gasteiger partial charge is 0.256 e. The molecular weight excluding hydrogens is 348 g/mol. The zero-order valence-electron chi connectivity index (χ0n) is 14.9. The first-order chi connectivity index (χ1) is 12.6. The Morgan fingerprint density at radius 1 is 1.31 bits per heavy atom. The molecule has 0 saturated carbocycles.